The predicted octanol–water partition coefficient (Wildman–Crippen LogP) is 3.99. The van der Waals surface area contributed by atoms with E-state index in [9.17, 15) is 4.79 Å². The van der Waals surface area contributed by atoms with Crippen molar-refractivity contribution in [3.63, 3.8) is 0 Å². The topological polar surface area (TPSA) is 44.8 Å². The quantitative estimate of drug-likeness (QED) is 0.618. The lowest BCUT2D eigenvalue weighted by Gasteiger charge is -1.99. The van der Waals surface area contributed by atoms with E-state index >= 15 is 0 Å². The molecule has 2 aromatic rings. The van der Waals surface area contributed by atoms with E-state index in [1.807, 2.05) is 49.4 Å². The van der Waals surface area contributed by atoms with Gasteiger partial charge in [-0.25, -0.2) is 0 Å². The Morgan fingerprint density at radius 1 is 1.00 bits per heavy atom. The molecular formula is C16H13N3O. The average Bonchev–Trinajstić information content (AvgIpc) is 3.31. The van der Waals surface area contributed by atoms with Gasteiger partial charge in [-0.05, 0) is 53.3 Å². The van der Waals surface area contributed by atoms with Gasteiger partial charge in [-0.3, -0.25) is 4.79 Å². The Balaban J connectivity index is 1.70. The summed E-state index contributed by atoms with van der Waals surface area (Å²) in [5, 5.41) is 8.89. The standard InChI is InChI=1S/C16H13N3O/c1-12-2-4-13(5-3-12)6-11-16(20)14-7-9-15(10-8-14)19-17-18-19/h2-11H,1H3/b11-6+. The molecule has 1 heterocycles. The number of anilines is 1. The van der Waals surface area contributed by atoms with Crippen LogP contribution in [-0.2, 0) is 0 Å². The zero-order valence-electron chi connectivity index (χ0n) is 11.0. The van der Waals surface area contributed by atoms with Crippen LogP contribution < -0.4 is 5.12 Å². The number of allylic oxidation sites excluding steroid dienone is 1. The van der Waals surface area contributed by atoms with Crippen LogP contribution in [0.15, 0.2) is 65.1 Å². The molecule has 3 rings (SSSR count). The molecule has 4 nitrogen and oxygen atoms in total. The number of hydrogen-bond donors (Lipinski definition) is 0. The number of carbonyl (C=O) groups is 1. The van der Waals surface area contributed by atoms with Crippen molar-refractivity contribution in [2.75, 3.05) is 5.12 Å². The Bertz CT molecular complexity index is 679. The molecule has 2 aromatic carbocycles. The summed E-state index contributed by atoms with van der Waals surface area (Å²) in [6, 6.07) is 15.2. The molecular weight excluding hydrogens is 250 g/mol. The molecule has 98 valence electrons. The van der Waals surface area contributed by atoms with Gasteiger partial charge in [0.05, 0.1) is 5.69 Å². The molecule has 0 fully saturated rings. The molecule has 0 amide bonds. The number of hydrogen-bond acceptors (Lipinski definition) is 4. The Morgan fingerprint density at radius 2 is 1.65 bits per heavy atom. The highest BCUT2D eigenvalue weighted by molar-refractivity contribution is 6.06. The van der Waals surface area contributed by atoms with Crippen molar-refractivity contribution in [3.8, 4) is 0 Å². The van der Waals surface area contributed by atoms with Crippen LogP contribution in [0, 0.1) is 6.92 Å². The van der Waals surface area contributed by atoms with Crippen molar-refractivity contribution in [1.29, 1.82) is 0 Å². The lowest BCUT2D eigenvalue weighted by atomic mass is 10.1. The highest BCUT2D eigenvalue weighted by Gasteiger charge is 2.13. The second-order valence-corrected chi connectivity index (χ2v) is 4.62. The summed E-state index contributed by atoms with van der Waals surface area (Å²) < 4.78 is 0. The Morgan fingerprint density at radius 3 is 2.25 bits per heavy atom. The van der Waals surface area contributed by atoms with Gasteiger partial charge in [0.15, 0.2) is 5.78 Å². The maximum absolute atomic E-state index is 12.0. The largest absolute Gasteiger partial charge is 0.289 e. The van der Waals surface area contributed by atoms with Crippen LogP contribution in [0.4, 0.5) is 5.69 Å². The molecule has 20 heavy (non-hydrogen) atoms. The zero-order valence-corrected chi connectivity index (χ0v) is 11.0. The van der Waals surface area contributed by atoms with E-state index in [1.165, 1.54) is 10.7 Å². The first kappa shape index (κ1) is 12.3. The van der Waals surface area contributed by atoms with Gasteiger partial charge < -0.3 is 0 Å². The van der Waals surface area contributed by atoms with E-state index in [2.05, 4.69) is 10.4 Å². The van der Waals surface area contributed by atoms with E-state index in [4.69, 9.17) is 0 Å². The molecule has 0 aliphatic carbocycles. The van der Waals surface area contributed by atoms with Gasteiger partial charge in [-0.2, -0.15) is 0 Å². The highest BCUT2D eigenvalue weighted by Crippen LogP contribution is 2.23. The van der Waals surface area contributed by atoms with E-state index < -0.39 is 0 Å². The van der Waals surface area contributed by atoms with Crippen LogP contribution in [0.3, 0.4) is 0 Å². The van der Waals surface area contributed by atoms with E-state index in [0.717, 1.165) is 11.3 Å². The third kappa shape index (κ3) is 2.80. The van der Waals surface area contributed by atoms with Crippen molar-refractivity contribution >= 4 is 17.5 Å². The number of rotatable bonds is 4. The van der Waals surface area contributed by atoms with Gasteiger partial charge in [0.2, 0.25) is 0 Å². The van der Waals surface area contributed by atoms with E-state index in [-0.39, 0.29) is 5.78 Å². The highest BCUT2D eigenvalue weighted by atomic mass is 16.1. The monoisotopic (exact) mass is 263 g/mol. The van der Waals surface area contributed by atoms with Gasteiger partial charge in [-0.15, -0.1) is 5.12 Å². The lowest BCUT2D eigenvalue weighted by molar-refractivity contribution is 0.104. The fraction of sp³-hybridized carbons (Fsp3) is 0.0625. The summed E-state index contributed by atoms with van der Waals surface area (Å²) in [7, 11) is 0. The van der Waals surface area contributed by atoms with E-state index in [0.29, 0.717) is 5.56 Å². The van der Waals surface area contributed by atoms with Gasteiger partial charge >= 0.3 is 0 Å². The molecule has 1 aliphatic rings. The molecule has 0 aromatic heterocycles. The van der Waals surface area contributed by atoms with Crippen molar-refractivity contribution in [1.82, 2.24) is 0 Å². The minimum absolute atomic E-state index is 0.0169. The van der Waals surface area contributed by atoms with Crippen molar-refractivity contribution in [2.24, 2.45) is 10.4 Å². The van der Waals surface area contributed by atoms with Gasteiger partial charge in [-0.1, -0.05) is 35.9 Å². The number of nitrogens with zero attached hydrogens (tertiary/aromatic N) is 3. The van der Waals surface area contributed by atoms with E-state index in [1.54, 1.807) is 18.2 Å². The molecule has 0 saturated heterocycles. The molecule has 0 atom stereocenters. The third-order valence-corrected chi connectivity index (χ3v) is 3.07. The number of carbonyl (C=O) groups excluding carboxylic acids is 1. The molecule has 0 N–H and O–H groups in total. The Labute approximate surface area is 117 Å². The first-order valence-electron chi connectivity index (χ1n) is 6.33. The minimum Gasteiger partial charge on any atom is -0.289 e. The van der Waals surface area contributed by atoms with Crippen LogP contribution in [-0.4, -0.2) is 5.78 Å². The van der Waals surface area contributed by atoms with Crippen LogP contribution in [0.2, 0.25) is 0 Å². The number of ketones is 1. The Hall–Kier alpha value is -2.75. The molecule has 0 bridgehead atoms. The van der Waals surface area contributed by atoms with Crippen LogP contribution in [0.5, 0.6) is 0 Å². The van der Waals surface area contributed by atoms with Crippen molar-refractivity contribution < 1.29 is 4.79 Å². The fourth-order valence-corrected chi connectivity index (χ4v) is 1.83. The fourth-order valence-electron chi connectivity index (χ4n) is 1.83. The summed E-state index contributed by atoms with van der Waals surface area (Å²) >= 11 is 0. The molecule has 4 heteroatoms. The van der Waals surface area contributed by atoms with Gasteiger partial charge in [0, 0.05) is 5.56 Å². The maximum Gasteiger partial charge on any atom is 0.185 e. The van der Waals surface area contributed by atoms with Crippen molar-refractivity contribution in [3.05, 3.63) is 71.3 Å². The molecule has 1 aliphatic heterocycles. The molecule has 0 radical (unpaired) electrons. The predicted molar refractivity (Wildman–Crippen MR) is 78.3 cm³/mol. The summed E-state index contributed by atoms with van der Waals surface area (Å²) in [5.41, 5.74) is 3.74. The van der Waals surface area contributed by atoms with Crippen LogP contribution in [0.25, 0.3) is 6.08 Å². The first-order valence-corrected chi connectivity index (χ1v) is 6.33. The normalized spacial score (nSPS) is 12.9. The Kier molecular flexibility index (Phi) is 3.13. The third-order valence-electron chi connectivity index (χ3n) is 3.07. The van der Waals surface area contributed by atoms with Gasteiger partial charge in [0.25, 0.3) is 0 Å². The molecule has 0 spiro atoms. The summed E-state index contributed by atoms with van der Waals surface area (Å²) in [5.74, 6) is -0.0169. The minimum atomic E-state index is -0.0169. The smallest absolute Gasteiger partial charge is 0.185 e. The first-order chi connectivity index (χ1) is 9.72. The molecule has 0 unspecified atom stereocenters. The number of benzene rings is 2. The zero-order chi connectivity index (χ0) is 13.9. The lowest BCUT2D eigenvalue weighted by Crippen LogP contribution is -1.95. The second kappa shape index (κ2) is 5.09. The van der Waals surface area contributed by atoms with Crippen molar-refractivity contribution in [2.45, 2.75) is 6.92 Å². The van der Waals surface area contributed by atoms with Gasteiger partial charge in [0.1, 0.15) is 0 Å². The summed E-state index contributed by atoms with van der Waals surface area (Å²) in [6.45, 7) is 2.04. The van der Waals surface area contributed by atoms with Crippen LogP contribution in [0.1, 0.15) is 21.5 Å². The number of aryl methyl sites for hydroxylation is 1. The molecule has 0 saturated carbocycles. The second-order valence-electron chi connectivity index (χ2n) is 4.62. The summed E-state index contributed by atoms with van der Waals surface area (Å²) in [4.78, 5) is 12.0. The summed E-state index contributed by atoms with van der Waals surface area (Å²) in [6.07, 6.45) is 3.41. The van der Waals surface area contributed by atoms with Crippen LogP contribution >= 0.6 is 0 Å². The average molecular weight is 263 g/mol. The SMILES string of the molecule is Cc1ccc(/C=C/C(=O)c2ccc(N3N=N3)cc2)cc1. The maximum atomic E-state index is 12.0.